The summed E-state index contributed by atoms with van der Waals surface area (Å²) in [7, 11) is 0. The highest BCUT2D eigenvalue weighted by molar-refractivity contribution is 6.30. The van der Waals surface area contributed by atoms with Gasteiger partial charge in [0.2, 0.25) is 5.91 Å². The van der Waals surface area contributed by atoms with Crippen LogP contribution in [0.1, 0.15) is 37.3 Å². The van der Waals surface area contributed by atoms with E-state index in [4.69, 9.17) is 11.6 Å². The maximum atomic E-state index is 13.2. The van der Waals surface area contributed by atoms with Gasteiger partial charge in [-0.15, -0.1) is 0 Å². The number of rotatable bonds is 7. The summed E-state index contributed by atoms with van der Waals surface area (Å²) in [6.07, 6.45) is 4.35. The number of amides is 1. The van der Waals surface area contributed by atoms with Gasteiger partial charge in [-0.05, 0) is 36.6 Å². The molecule has 0 saturated carbocycles. The van der Waals surface area contributed by atoms with Crippen LogP contribution in [0.5, 0.6) is 0 Å². The number of dihydropyridines is 1. The first-order chi connectivity index (χ1) is 14.9. The molecule has 5 nitrogen and oxygen atoms in total. The molecular formula is C25H25ClN2O3. The van der Waals surface area contributed by atoms with E-state index in [1.807, 2.05) is 49.4 Å². The Balaban J connectivity index is 1.92. The van der Waals surface area contributed by atoms with Gasteiger partial charge in [0.25, 0.3) is 0 Å². The molecule has 1 aliphatic rings. The fraction of sp³-hybridized carbons (Fsp3) is 0.200. The summed E-state index contributed by atoms with van der Waals surface area (Å²) < 4.78 is 0. The molecule has 160 valence electrons. The molecule has 1 heterocycles. The van der Waals surface area contributed by atoms with Crippen molar-refractivity contribution >= 4 is 29.6 Å². The molecule has 1 unspecified atom stereocenters. The van der Waals surface area contributed by atoms with E-state index in [1.165, 1.54) is 0 Å². The lowest BCUT2D eigenvalue weighted by atomic mass is 9.79. The molecule has 1 aliphatic heterocycles. The first-order valence-electron chi connectivity index (χ1n) is 10.1. The van der Waals surface area contributed by atoms with Gasteiger partial charge < -0.3 is 15.7 Å². The van der Waals surface area contributed by atoms with Crippen LogP contribution in [0, 0.1) is 0 Å². The van der Waals surface area contributed by atoms with Crippen molar-refractivity contribution in [1.29, 1.82) is 0 Å². The third-order valence-corrected chi connectivity index (χ3v) is 5.38. The number of carboxylic acid groups (broad SMARTS) is 1. The van der Waals surface area contributed by atoms with E-state index in [0.29, 0.717) is 40.5 Å². The standard InChI is InChI=1S/C25H25ClN2O3/c1-3-20-23(24(29)27-14-8-11-17-9-5-4-6-10-17)22(18-12-7-13-19(26)15-18)21(25(30)31)16(2)28-20/h4-13,15,22,28H,3,14H2,1-2H3,(H,27,29)(H,30,31)/b11-8+. The number of carbonyl (C=O) groups is 2. The largest absolute Gasteiger partial charge is 0.478 e. The number of nitrogens with one attached hydrogen (secondary N) is 2. The van der Waals surface area contributed by atoms with Crippen LogP contribution in [0.15, 0.2) is 83.2 Å². The summed E-state index contributed by atoms with van der Waals surface area (Å²) in [4.78, 5) is 25.3. The summed E-state index contributed by atoms with van der Waals surface area (Å²) in [5.74, 6) is -2.09. The maximum absolute atomic E-state index is 13.2. The summed E-state index contributed by atoms with van der Waals surface area (Å²) in [5.41, 5.74) is 3.48. The number of hydrogen-bond acceptors (Lipinski definition) is 3. The maximum Gasteiger partial charge on any atom is 0.334 e. The number of benzene rings is 2. The quantitative estimate of drug-likeness (QED) is 0.578. The number of hydrogen-bond donors (Lipinski definition) is 3. The van der Waals surface area contributed by atoms with Crippen molar-refractivity contribution in [3.63, 3.8) is 0 Å². The highest BCUT2D eigenvalue weighted by Crippen LogP contribution is 2.39. The Bertz CT molecular complexity index is 1070. The molecule has 1 atom stereocenters. The van der Waals surface area contributed by atoms with E-state index < -0.39 is 11.9 Å². The molecule has 0 radical (unpaired) electrons. The third-order valence-electron chi connectivity index (χ3n) is 5.15. The lowest BCUT2D eigenvalue weighted by Crippen LogP contribution is -2.36. The Morgan fingerprint density at radius 1 is 1.13 bits per heavy atom. The molecule has 31 heavy (non-hydrogen) atoms. The molecule has 3 N–H and O–H groups in total. The summed E-state index contributed by atoms with van der Waals surface area (Å²) in [5, 5.41) is 16.4. The van der Waals surface area contributed by atoms with Crippen LogP contribution < -0.4 is 10.6 Å². The van der Waals surface area contributed by atoms with Crippen molar-refractivity contribution in [2.24, 2.45) is 0 Å². The molecular weight excluding hydrogens is 412 g/mol. The molecule has 0 saturated heterocycles. The Hall–Kier alpha value is -3.31. The lowest BCUT2D eigenvalue weighted by molar-refractivity contribution is -0.133. The van der Waals surface area contributed by atoms with Gasteiger partial charge in [0, 0.05) is 28.5 Å². The normalized spacial score (nSPS) is 16.4. The summed E-state index contributed by atoms with van der Waals surface area (Å²) in [6.45, 7) is 3.97. The second-order valence-electron chi connectivity index (χ2n) is 7.23. The number of aliphatic carboxylic acids is 1. The van der Waals surface area contributed by atoms with E-state index in [1.54, 1.807) is 31.2 Å². The van der Waals surface area contributed by atoms with Crippen LogP contribution in [-0.4, -0.2) is 23.5 Å². The Morgan fingerprint density at radius 2 is 1.87 bits per heavy atom. The van der Waals surface area contributed by atoms with Crippen LogP contribution in [-0.2, 0) is 9.59 Å². The van der Waals surface area contributed by atoms with Gasteiger partial charge in [-0.25, -0.2) is 4.79 Å². The zero-order valence-corrected chi connectivity index (χ0v) is 18.2. The second kappa shape index (κ2) is 10.1. The second-order valence-corrected chi connectivity index (χ2v) is 7.66. The van der Waals surface area contributed by atoms with E-state index in [-0.39, 0.29) is 11.5 Å². The highest BCUT2D eigenvalue weighted by Gasteiger charge is 2.36. The zero-order chi connectivity index (χ0) is 22.4. The van der Waals surface area contributed by atoms with Crippen molar-refractivity contribution in [3.8, 4) is 0 Å². The van der Waals surface area contributed by atoms with Gasteiger partial charge in [0.15, 0.2) is 0 Å². The smallest absolute Gasteiger partial charge is 0.334 e. The van der Waals surface area contributed by atoms with E-state index in [0.717, 1.165) is 5.56 Å². The predicted molar refractivity (Wildman–Crippen MR) is 123 cm³/mol. The average Bonchev–Trinajstić information content (AvgIpc) is 2.76. The van der Waals surface area contributed by atoms with Crippen LogP contribution in [0.2, 0.25) is 5.02 Å². The molecule has 3 rings (SSSR count). The van der Waals surface area contributed by atoms with Crippen molar-refractivity contribution in [3.05, 3.63) is 99.4 Å². The monoisotopic (exact) mass is 436 g/mol. The van der Waals surface area contributed by atoms with Gasteiger partial charge in [0.1, 0.15) is 0 Å². The molecule has 0 aromatic heterocycles. The zero-order valence-electron chi connectivity index (χ0n) is 17.5. The van der Waals surface area contributed by atoms with Crippen LogP contribution >= 0.6 is 11.6 Å². The highest BCUT2D eigenvalue weighted by atomic mass is 35.5. The molecule has 0 spiro atoms. The molecule has 2 aromatic carbocycles. The number of carboxylic acids is 1. The van der Waals surface area contributed by atoms with Gasteiger partial charge in [-0.1, -0.05) is 73.1 Å². The fourth-order valence-corrected chi connectivity index (χ4v) is 3.95. The third kappa shape index (κ3) is 5.25. The van der Waals surface area contributed by atoms with E-state index in [2.05, 4.69) is 10.6 Å². The van der Waals surface area contributed by atoms with E-state index in [9.17, 15) is 14.7 Å². The van der Waals surface area contributed by atoms with Crippen molar-refractivity contribution in [1.82, 2.24) is 10.6 Å². The van der Waals surface area contributed by atoms with E-state index >= 15 is 0 Å². The summed E-state index contributed by atoms with van der Waals surface area (Å²) in [6, 6.07) is 16.8. The van der Waals surface area contributed by atoms with Gasteiger partial charge in [-0.2, -0.15) is 0 Å². The van der Waals surface area contributed by atoms with Crippen molar-refractivity contribution < 1.29 is 14.7 Å². The molecule has 0 aliphatic carbocycles. The fourth-order valence-electron chi connectivity index (χ4n) is 3.75. The van der Waals surface area contributed by atoms with Gasteiger partial charge in [-0.3, -0.25) is 4.79 Å². The Labute approximate surface area is 187 Å². The Morgan fingerprint density at radius 3 is 2.52 bits per heavy atom. The van der Waals surface area contributed by atoms with Crippen molar-refractivity contribution in [2.45, 2.75) is 26.2 Å². The molecule has 0 bridgehead atoms. The first kappa shape index (κ1) is 22.4. The lowest BCUT2D eigenvalue weighted by Gasteiger charge is -2.31. The first-order valence-corrected chi connectivity index (χ1v) is 10.5. The Kier molecular flexibility index (Phi) is 7.32. The van der Waals surface area contributed by atoms with Crippen molar-refractivity contribution in [2.75, 3.05) is 6.54 Å². The summed E-state index contributed by atoms with van der Waals surface area (Å²) >= 11 is 6.18. The predicted octanol–water partition coefficient (Wildman–Crippen LogP) is 4.88. The van der Waals surface area contributed by atoms with Crippen LogP contribution in [0.4, 0.5) is 0 Å². The number of carbonyl (C=O) groups excluding carboxylic acids is 1. The minimum Gasteiger partial charge on any atom is -0.478 e. The minimum atomic E-state index is -1.07. The minimum absolute atomic E-state index is 0.143. The van der Waals surface area contributed by atoms with Crippen LogP contribution in [0.25, 0.3) is 6.08 Å². The average molecular weight is 437 g/mol. The SMILES string of the molecule is CCC1=C(C(=O)NC/C=C/c2ccccc2)C(c2cccc(Cl)c2)C(C(=O)O)=C(C)N1. The van der Waals surface area contributed by atoms with Gasteiger partial charge >= 0.3 is 5.97 Å². The number of halogens is 1. The molecule has 1 amide bonds. The molecule has 6 heteroatoms. The van der Waals surface area contributed by atoms with Crippen LogP contribution in [0.3, 0.4) is 0 Å². The van der Waals surface area contributed by atoms with Gasteiger partial charge in [0.05, 0.1) is 11.5 Å². The molecule has 0 fully saturated rings. The topological polar surface area (TPSA) is 78.4 Å². The number of allylic oxidation sites excluding steroid dienone is 2. The molecule has 2 aromatic rings.